The fraction of sp³-hybridized carbons (Fsp3) is 0.118. The SMILES string of the molecule is C#Cc1cccc(NC(C)C(=O)Nc2ccc(F)c(Cl)c2)c1. The van der Waals surface area contributed by atoms with Crippen LogP contribution >= 0.6 is 11.6 Å². The molecule has 0 fully saturated rings. The van der Waals surface area contributed by atoms with Gasteiger partial charge in [0, 0.05) is 16.9 Å². The molecule has 3 nitrogen and oxygen atoms in total. The molecule has 0 aromatic heterocycles. The highest BCUT2D eigenvalue weighted by Crippen LogP contribution is 2.19. The average Bonchev–Trinajstić information content (AvgIpc) is 2.51. The van der Waals surface area contributed by atoms with Crippen molar-refractivity contribution < 1.29 is 9.18 Å². The zero-order valence-electron chi connectivity index (χ0n) is 11.9. The summed E-state index contributed by atoms with van der Waals surface area (Å²) >= 11 is 5.68. The molecular formula is C17H14ClFN2O. The van der Waals surface area contributed by atoms with Crippen molar-refractivity contribution in [1.82, 2.24) is 0 Å². The Hall–Kier alpha value is -2.51. The molecule has 2 aromatic carbocycles. The summed E-state index contributed by atoms with van der Waals surface area (Å²) in [6, 6.07) is 10.7. The molecule has 0 spiro atoms. The van der Waals surface area contributed by atoms with Gasteiger partial charge in [0.15, 0.2) is 0 Å². The zero-order valence-corrected chi connectivity index (χ0v) is 12.6. The van der Waals surface area contributed by atoms with Crippen molar-refractivity contribution in [3.8, 4) is 12.3 Å². The zero-order chi connectivity index (χ0) is 16.1. The molecule has 0 radical (unpaired) electrons. The van der Waals surface area contributed by atoms with E-state index in [9.17, 15) is 9.18 Å². The maximum Gasteiger partial charge on any atom is 0.246 e. The van der Waals surface area contributed by atoms with Gasteiger partial charge in [-0.3, -0.25) is 4.79 Å². The maximum atomic E-state index is 13.1. The molecule has 1 unspecified atom stereocenters. The number of benzene rings is 2. The second kappa shape index (κ2) is 6.97. The standard InChI is InChI=1S/C17H14ClFN2O/c1-3-12-5-4-6-13(9-12)20-11(2)17(22)21-14-7-8-16(19)15(18)10-14/h1,4-11,20H,2H3,(H,21,22). The number of carbonyl (C=O) groups is 1. The van der Waals surface area contributed by atoms with Crippen molar-refractivity contribution >= 4 is 28.9 Å². The van der Waals surface area contributed by atoms with Crippen molar-refractivity contribution in [1.29, 1.82) is 0 Å². The largest absolute Gasteiger partial charge is 0.374 e. The van der Waals surface area contributed by atoms with Gasteiger partial charge in [-0.2, -0.15) is 0 Å². The topological polar surface area (TPSA) is 41.1 Å². The molecule has 0 saturated carbocycles. The van der Waals surface area contributed by atoms with Crippen molar-refractivity contribution in [2.24, 2.45) is 0 Å². The van der Waals surface area contributed by atoms with E-state index in [1.54, 1.807) is 19.1 Å². The molecule has 2 N–H and O–H groups in total. The van der Waals surface area contributed by atoms with Gasteiger partial charge in [-0.05, 0) is 43.3 Å². The molecular weight excluding hydrogens is 303 g/mol. The van der Waals surface area contributed by atoms with E-state index in [1.807, 2.05) is 12.1 Å². The fourth-order valence-electron chi connectivity index (χ4n) is 1.84. The van der Waals surface area contributed by atoms with Crippen LogP contribution < -0.4 is 10.6 Å². The van der Waals surface area contributed by atoms with Crippen molar-refractivity contribution in [2.75, 3.05) is 10.6 Å². The first-order chi connectivity index (χ1) is 10.5. The Morgan fingerprint density at radius 3 is 2.73 bits per heavy atom. The Kier molecular flexibility index (Phi) is 5.03. The van der Waals surface area contributed by atoms with Gasteiger partial charge in [-0.1, -0.05) is 23.6 Å². The van der Waals surface area contributed by atoms with Gasteiger partial charge < -0.3 is 10.6 Å². The molecule has 0 aliphatic heterocycles. The summed E-state index contributed by atoms with van der Waals surface area (Å²) in [7, 11) is 0. The molecule has 5 heteroatoms. The van der Waals surface area contributed by atoms with Crippen LogP contribution in [0.15, 0.2) is 42.5 Å². The third-order valence-corrected chi connectivity index (χ3v) is 3.28. The minimum Gasteiger partial charge on any atom is -0.374 e. The molecule has 1 amide bonds. The summed E-state index contributed by atoms with van der Waals surface area (Å²) in [6.07, 6.45) is 5.34. The summed E-state index contributed by atoms with van der Waals surface area (Å²) in [5, 5.41) is 5.67. The highest BCUT2D eigenvalue weighted by Gasteiger charge is 2.13. The molecule has 2 aromatic rings. The smallest absolute Gasteiger partial charge is 0.246 e. The monoisotopic (exact) mass is 316 g/mol. The van der Waals surface area contributed by atoms with E-state index in [1.165, 1.54) is 18.2 Å². The molecule has 0 saturated heterocycles. The van der Waals surface area contributed by atoms with Crippen LogP contribution in [0.3, 0.4) is 0 Å². The average molecular weight is 317 g/mol. The summed E-state index contributed by atoms with van der Waals surface area (Å²) < 4.78 is 13.1. The van der Waals surface area contributed by atoms with Crippen LogP contribution in [0.2, 0.25) is 5.02 Å². The quantitative estimate of drug-likeness (QED) is 0.840. The van der Waals surface area contributed by atoms with Gasteiger partial charge in [0.2, 0.25) is 5.91 Å². The highest BCUT2D eigenvalue weighted by atomic mass is 35.5. The van der Waals surface area contributed by atoms with Gasteiger partial charge >= 0.3 is 0 Å². The van der Waals surface area contributed by atoms with E-state index in [4.69, 9.17) is 18.0 Å². The third kappa shape index (κ3) is 4.00. The molecule has 0 heterocycles. The summed E-state index contributed by atoms with van der Waals surface area (Å²) in [6.45, 7) is 1.71. The van der Waals surface area contributed by atoms with Crippen LogP contribution in [0.1, 0.15) is 12.5 Å². The number of halogens is 2. The first kappa shape index (κ1) is 15.9. The number of terminal acetylenes is 1. The van der Waals surface area contributed by atoms with Gasteiger partial charge in [0.1, 0.15) is 11.9 Å². The lowest BCUT2D eigenvalue weighted by atomic mass is 10.2. The molecule has 0 aliphatic rings. The Balaban J connectivity index is 2.02. The van der Waals surface area contributed by atoms with Crippen molar-refractivity contribution in [2.45, 2.75) is 13.0 Å². The van der Waals surface area contributed by atoms with Crippen LogP contribution in [0, 0.1) is 18.2 Å². The number of amides is 1. The first-order valence-electron chi connectivity index (χ1n) is 6.58. The maximum absolute atomic E-state index is 13.1. The lowest BCUT2D eigenvalue weighted by Crippen LogP contribution is -2.31. The minimum absolute atomic E-state index is 0.0415. The predicted molar refractivity (Wildman–Crippen MR) is 87.5 cm³/mol. The molecule has 22 heavy (non-hydrogen) atoms. The Labute approximate surface area is 133 Å². The van der Waals surface area contributed by atoms with Crippen LogP contribution in [0.25, 0.3) is 0 Å². The van der Waals surface area contributed by atoms with E-state index >= 15 is 0 Å². The second-order valence-electron chi connectivity index (χ2n) is 4.71. The van der Waals surface area contributed by atoms with E-state index in [0.29, 0.717) is 5.69 Å². The number of rotatable bonds is 4. The van der Waals surface area contributed by atoms with Crippen molar-refractivity contribution in [3.63, 3.8) is 0 Å². The van der Waals surface area contributed by atoms with E-state index in [0.717, 1.165) is 11.3 Å². The van der Waals surface area contributed by atoms with Gasteiger partial charge in [-0.25, -0.2) is 4.39 Å². The number of hydrogen-bond acceptors (Lipinski definition) is 2. The van der Waals surface area contributed by atoms with Crippen LogP contribution in [-0.2, 0) is 4.79 Å². The summed E-state index contributed by atoms with van der Waals surface area (Å²) in [5.74, 6) is 1.73. The molecule has 1 atom stereocenters. The highest BCUT2D eigenvalue weighted by molar-refractivity contribution is 6.31. The van der Waals surface area contributed by atoms with Crippen LogP contribution in [0.4, 0.5) is 15.8 Å². The van der Waals surface area contributed by atoms with Gasteiger partial charge in [0.05, 0.1) is 5.02 Å². The van der Waals surface area contributed by atoms with E-state index in [2.05, 4.69) is 16.6 Å². The number of carbonyl (C=O) groups excluding carboxylic acids is 1. The Bertz CT molecular complexity index is 740. The molecule has 112 valence electrons. The molecule has 2 rings (SSSR count). The number of hydrogen-bond donors (Lipinski definition) is 2. The van der Waals surface area contributed by atoms with Gasteiger partial charge in [0.25, 0.3) is 0 Å². The minimum atomic E-state index is -0.531. The predicted octanol–water partition coefficient (Wildman–Crippen LogP) is 3.90. The van der Waals surface area contributed by atoms with Crippen LogP contribution in [-0.4, -0.2) is 11.9 Å². The second-order valence-corrected chi connectivity index (χ2v) is 5.12. The Morgan fingerprint density at radius 2 is 2.05 bits per heavy atom. The number of anilines is 2. The van der Waals surface area contributed by atoms with Crippen LogP contribution in [0.5, 0.6) is 0 Å². The van der Waals surface area contributed by atoms with Gasteiger partial charge in [-0.15, -0.1) is 6.42 Å². The summed E-state index contributed by atoms with van der Waals surface area (Å²) in [5.41, 5.74) is 1.90. The lowest BCUT2D eigenvalue weighted by Gasteiger charge is -2.15. The lowest BCUT2D eigenvalue weighted by molar-refractivity contribution is -0.116. The molecule has 0 aliphatic carbocycles. The van der Waals surface area contributed by atoms with E-state index in [-0.39, 0.29) is 10.9 Å². The summed E-state index contributed by atoms with van der Waals surface area (Å²) in [4.78, 5) is 12.1. The van der Waals surface area contributed by atoms with Crippen molar-refractivity contribution in [3.05, 3.63) is 58.9 Å². The fourth-order valence-corrected chi connectivity index (χ4v) is 2.02. The first-order valence-corrected chi connectivity index (χ1v) is 6.96. The normalized spacial score (nSPS) is 11.4. The Morgan fingerprint density at radius 1 is 1.27 bits per heavy atom. The molecule has 0 bridgehead atoms. The third-order valence-electron chi connectivity index (χ3n) is 2.99. The van der Waals surface area contributed by atoms with E-state index < -0.39 is 11.9 Å². The number of nitrogens with one attached hydrogen (secondary N) is 2.